The lowest BCUT2D eigenvalue weighted by atomic mass is 10.2. The molecule has 1 aliphatic rings. The molecule has 0 saturated heterocycles. The SMILES string of the molecule is O=c1c(F)cc(Oc2c(Cl)cc([N+](=O)[O-])cc2Cl)cn1C1CCCC1. The smallest absolute Gasteiger partial charge is 0.287 e. The number of ether oxygens (including phenoxy) is 1. The van der Waals surface area contributed by atoms with Gasteiger partial charge in [0.2, 0.25) is 0 Å². The molecule has 0 unspecified atom stereocenters. The van der Waals surface area contributed by atoms with Crippen molar-refractivity contribution in [2.75, 3.05) is 0 Å². The molecule has 132 valence electrons. The zero-order valence-electron chi connectivity index (χ0n) is 12.9. The van der Waals surface area contributed by atoms with Gasteiger partial charge in [-0.05, 0) is 12.8 Å². The Kier molecular flexibility index (Phi) is 4.96. The van der Waals surface area contributed by atoms with E-state index in [0.29, 0.717) is 0 Å². The van der Waals surface area contributed by atoms with Crippen molar-refractivity contribution >= 4 is 28.9 Å². The Balaban J connectivity index is 1.98. The number of rotatable bonds is 4. The van der Waals surface area contributed by atoms with Gasteiger partial charge in [0.1, 0.15) is 5.75 Å². The molecule has 1 fully saturated rings. The molecule has 0 radical (unpaired) electrons. The molecule has 1 saturated carbocycles. The van der Waals surface area contributed by atoms with Gasteiger partial charge in [-0.25, -0.2) is 4.39 Å². The van der Waals surface area contributed by atoms with E-state index in [1.807, 2.05) is 0 Å². The number of nitrogens with zero attached hydrogens (tertiary/aromatic N) is 2. The number of hydrogen-bond acceptors (Lipinski definition) is 4. The summed E-state index contributed by atoms with van der Waals surface area (Å²) in [6.07, 6.45) is 4.95. The Labute approximate surface area is 151 Å². The summed E-state index contributed by atoms with van der Waals surface area (Å²) >= 11 is 12.0. The standard InChI is InChI=1S/C16H13Cl2FN2O4/c17-12-5-10(21(23)24)6-13(18)15(12)25-11-7-14(19)16(22)20(8-11)9-3-1-2-4-9/h5-9H,1-4H2. The van der Waals surface area contributed by atoms with Gasteiger partial charge < -0.3 is 9.30 Å². The van der Waals surface area contributed by atoms with Gasteiger partial charge in [0.25, 0.3) is 11.2 Å². The van der Waals surface area contributed by atoms with E-state index in [9.17, 15) is 19.3 Å². The van der Waals surface area contributed by atoms with E-state index in [4.69, 9.17) is 27.9 Å². The predicted octanol–water partition coefficient (Wildman–Crippen LogP) is 5.11. The first kappa shape index (κ1) is 17.7. The van der Waals surface area contributed by atoms with Gasteiger partial charge in [-0.1, -0.05) is 36.0 Å². The first-order chi connectivity index (χ1) is 11.9. The molecule has 0 N–H and O–H groups in total. The fraction of sp³-hybridized carbons (Fsp3) is 0.312. The van der Waals surface area contributed by atoms with Crippen molar-refractivity contribution in [1.82, 2.24) is 4.57 Å². The molecule has 0 spiro atoms. The van der Waals surface area contributed by atoms with Crippen LogP contribution in [0.2, 0.25) is 10.0 Å². The number of benzene rings is 1. The average Bonchev–Trinajstić information content (AvgIpc) is 3.08. The lowest BCUT2D eigenvalue weighted by Gasteiger charge is -2.16. The van der Waals surface area contributed by atoms with Crippen LogP contribution in [0.3, 0.4) is 0 Å². The number of nitro benzene ring substituents is 1. The summed E-state index contributed by atoms with van der Waals surface area (Å²) in [7, 11) is 0. The Bertz CT molecular complexity index is 871. The van der Waals surface area contributed by atoms with Crippen molar-refractivity contribution in [2.24, 2.45) is 0 Å². The number of aromatic nitrogens is 1. The summed E-state index contributed by atoms with van der Waals surface area (Å²) in [6.45, 7) is 0. The fourth-order valence-corrected chi connectivity index (χ4v) is 3.47. The van der Waals surface area contributed by atoms with Crippen LogP contribution in [-0.4, -0.2) is 9.49 Å². The molecule has 0 amide bonds. The van der Waals surface area contributed by atoms with E-state index in [1.165, 1.54) is 10.8 Å². The van der Waals surface area contributed by atoms with E-state index in [0.717, 1.165) is 43.9 Å². The second kappa shape index (κ2) is 7.01. The predicted molar refractivity (Wildman–Crippen MR) is 91.4 cm³/mol. The second-order valence-electron chi connectivity index (χ2n) is 5.77. The van der Waals surface area contributed by atoms with E-state index in [-0.39, 0.29) is 33.3 Å². The highest BCUT2D eigenvalue weighted by atomic mass is 35.5. The third-order valence-corrected chi connectivity index (χ3v) is 4.67. The minimum Gasteiger partial charge on any atom is -0.453 e. The molecule has 1 aromatic heterocycles. The number of pyridine rings is 1. The zero-order chi connectivity index (χ0) is 18.1. The van der Waals surface area contributed by atoms with Crippen molar-refractivity contribution in [3.63, 3.8) is 0 Å². The van der Waals surface area contributed by atoms with Gasteiger partial charge in [0.05, 0.1) is 21.2 Å². The van der Waals surface area contributed by atoms with Crippen LogP contribution < -0.4 is 10.3 Å². The highest BCUT2D eigenvalue weighted by molar-refractivity contribution is 6.37. The van der Waals surface area contributed by atoms with Crippen molar-refractivity contribution in [3.8, 4) is 11.5 Å². The molecule has 3 rings (SSSR count). The van der Waals surface area contributed by atoms with Crippen LogP contribution in [0.25, 0.3) is 0 Å². The molecular formula is C16H13Cl2FN2O4. The monoisotopic (exact) mass is 386 g/mol. The van der Waals surface area contributed by atoms with Gasteiger partial charge in [0.15, 0.2) is 11.6 Å². The van der Waals surface area contributed by atoms with Crippen molar-refractivity contribution in [2.45, 2.75) is 31.7 Å². The van der Waals surface area contributed by atoms with E-state index < -0.39 is 16.3 Å². The maximum Gasteiger partial charge on any atom is 0.287 e. The van der Waals surface area contributed by atoms with Crippen LogP contribution >= 0.6 is 23.2 Å². The maximum absolute atomic E-state index is 14.0. The minimum atomic E-state index is -0.946. The maximum atomic E-state index is 14.0. The third-order valence-electron chi connectivity index (χ3n) is 4.11. The normalized spacial score (nSPS) is 14.7. The molecule has 0 aliphatic heterocycles. The van der Waals surface area contributed by atoms with E-state index in [1.54, 1.807) is 0 Å². The molecule has 1 heterocycles. The molecule has 9 heteroatoms. The van der Waals surface area contributed by atoms with Crippen molar-refractivity contribution in [1.29, 1.82) is 0 Å². The molecule has 0 atom stereocenters. The van der Waals surface area contributed by atoms with Crippen LogP contribution in [0.15, 0.2) is 29.2 Å². The first-order valence-corrected chi connectivity index (χ1v) is 8.35. The number of halogens is 3. The lowest BCUT2D eigenvalue weighted by molar-refractivity contribution is -0.384. The molecule has 6 nitrogen and oxygen atoms in total. The van der Waals surface area contributed by atoms with Crippen LogP contribution in [0.1, 0.15) is 31.7 Å². The first-order valence-electron chi connectivity index (χ1n) is 7.60. The minimum absolute atomic E-state index is 0.0371. The summed E-state index contributed by atoms with van der Waals surface area (Å²) in [5.74, 6) is -0.940. The topological polar surface area (TPSA) is 74.4 Å². The van der Waals surface area contributed by atoms with Crippen LogP contribution in [0.4, 0.5) is 10.1 Å². The van der Waals surface area contributed by atoms with E-state index in [2.05, 4.69) is 0 Å². The van der Waals surface area contributed by atoms with Gasteiger partial charge in [0, 0.05) is 24.2 Å². The van der Waals surface area contributed by atoms with Crippen LogP contribution in [0, 0.1) is 15.9 Å². The number of non-ortho nitro benzene ring substituents is 1. The summed E-state index contributed by atoms with van der Waals surface area (Å²) in [5, 5.41) is 10.6. The van der Waals surface area contributed by atoms with Gasteiger partial charge in [-0.3, -0.25) is 14.9 Å². The van der Waals surface area contributed by atoms with E-state index >= 15 is 0 Å². The summed E-state index contributed by atoms with van der Waals surface area (Å²) in [4.78, 5) is 22.2. The van der Waals surface area contributed by atoms with Gasteiger partial charge >= 0.3 is 0 Å². The molecule has 2 aromatic rings. The number of hydrogen-bond donors (Lipinski definition) is 0. The second-order valence-corrected chi connectivity index (χ2v) is 6.59. The Morgan fingerprint density at radius 2 is 1.80 bits per heavy atom. The highest BCUT2D eigenvalue weighted by Gasteiger charge is 2.22. The lowest BCUT2D eigenvalue weighted by Crippen LogP contribution is -2.25. The van der Waals surface area contributed by atoms with Crippen LogP contribution in [-0.2, 0) is 0 Å². The van der Waals surface area contributed by atoms with Gasteiger partial charge in [-0.15, -0.1) is 0 Å². The van der Waals surface area contributed by atoms with Crippen molar-refractivity contribution < 1.29 is 14.1 Å². The van der Waals surface area contributed by atoms with Crippen LogP contribution in [0.5, 0.6) is 11.5 Å². The largest absolute Gasteiger partial charge is 0.453 e. The molecular weight excluding hydrogens is 374 g/mol. The highest BCUT2D eigenvalue weighted by Crippen LogP contribution is 2.39. The summed E-state index contributed by atoms with van der Waals surface area (Å²) in [5.41, 5.74) is -0.996. The Morgan fingerprint density at radius 1 is 1.20 bits per heavy atom. The molecule has 25 heavy (non-hydrogen) atoms. The average molecular weight is 387 g/mol. The Hall–Kier alpha value is -2.12. The van der Waals surface area contributed by atoms with Crippen molar-refractivity contribution in [3.05, 3.63) is 60.7 Å². The fourth-order valence-electron chi connectivity index (χ4n) is 2.92. The third kappa shape index (κ3) is 3.62. The summed E-state index contributed by atoms with van der Waals surface area (Å²) in [6, 6.07) is 3.05. The quantitative estimate of drug-likeness (QED) is 0.540. The Morgan fingerprint density at radius 3 is 2.36 bits per heavy atom. The number of nitro groups is 1. The molecule has 1 aromatic carbocycles. The zero-order valence-corrected chi connectivity index (χ0v) is 14.4. The molecule has 1 aliphatic carbocycles. The molecule has 0 bridgehead atoms. The summed E-state index contributed by atoms with van der Waals surface area (Å²) < 4.78 is 20.8. The van der Waals surface area contributed by atoms with Gasteiger partial charge in [-0.2, -0.15) is 0 Å².